The average molecular weight is 410 g/mol. The fourth-order valence-corrected chi connectivity index (χ4v) is 4.76. The summed E-state index contributed by atoms with van der Waals surface area (Å²) >= 11 is 1.71. The predicted octanol–water partition coefficient (Wildman–Crippen LogP) is 4.37. The summed E-state index contributed by atoms with van der Waals surface area (Å²) in [6.45, 7) is 0.0943. The monoisotopic (exact) mass is 410 g/mol. The highest BCUT2D eigenvalue weighted by Crippen LogP contribution is 2.34. The molecule has 29 heavy (non-hydrogen) atoms. The molecule has 0 bridgehead atoms. The lowest BCUT2D eigenvalue weighted by Crippen LogP contribution is -2.53. The third-order valence-electron chi connectivity index (χ3n) is 5.09. The van der Waals surface area contributed by atoms with Gasteiger partial charge in [-0.15, -0.1) is 0 Å². The largest absolute Gasteiger partial charge is 0.450 e. The van der Waals surface area contributed by atoms with Crippen LogP contribution in [0.5, 0.6) is 0 Å². The fourth-order valence-electron chi connectivity index (χ4n) is 3.57. The zero-order valence-corrected chi connectivity index (χ0v) is 16.7. The van der Waals surface area contributed by atoms with E-state index in [2.05, 4.69) is 5.32 Å². The Bertz CT molecular complexity index is 945. The number of imide groups is 2. The minimum absolute atomic E-state index is 0.0943. The SMILES string of the molecule is O=C1NC(=O)N(Cc2ccccc2)C(=O)C1=Cc1ccc(SC2CCCCC2)o1. The van der Waals surface area contributed by atoms with Gasteiger partial charge in [0.1, 0.15) is 11.3 Å². The van der Waals surface area contributed by atoms with E-state index in [-0.39, 0.29) is 12.1 Å². The van der Waals surface area contributed by atoms with Crippen molar-refractivity contribution in [2.45, 2.75) is 49.0 Å². The number of amides is 4. The Morgan fingerprint density at radius 3 is 2.55 bits per heavy atom. The topological polar surface area (TPSA) is 79.6 Å². The summed E-state index contributed by atoms with van der Waals surface area (Å²) in [5, 5.41) is 3.57. The number of furan rings is 1. The summed E-state index contributed by atoms with van der Waals surface area (Å²) in [5.41, 5.74) is 0.693. The number of benzene rings is 1. The Morgan fingerprint density at radius 1 is 1.03 bits per heavy atom. The Hall–Kier alpha value is -2.80. The van der Waals surface area contributed by atoms with Crippen molar-refractivity contribution in [3.8, 4) is 0 Å². The summed E-state index contributed by atoms with van der Waals surface area (Å²) in [6.07, 6.45) is 7.55. The van der Waals surface area contributed by atoms with Crippen molar-refractivity contribution in [1.82, 2.24) is 10.2 Å². The Morgan fingerprint density at radius 2 is 1.79 bits per heavy atom. The maximum absolute atomic E-state index is 12.8. The van der Waals surface area contributed by atoms with Gasteiger partial charge < -0.3 is 4.42 Å². The van der Waals surface area contributed by atoms with E-state index in [9.17, 15) is 14.4 Å². The van der Waals surface area contributed by atoms with Crippen molar-refractivity contribution in [2.75, 3.05) is 0 Å². The van der Waals surface area contributed by atoms with Crippen LogP contribution in [0, 0.1) is 0 Å². The van der Waals surface area contributed by atoms with Crippen molar-refractivity contribution in [3.05, 3.63) is 59.4 Å². The Labute approximate surface area is 173 Å². The number of barbiturate groups is 1. The minimum Gasteiger partial charge on any atom is -0.450 e. The van der Waals surface area contributed by atoms with Crippen molar-refractivity contribution < 1.29 is 18.8 Å². The number of urea groups is 1. The van der Waals surface area contributed by atoms with E-state index in [1.165, 1.54) is 38.2 Å². The van der Waals surface area contributed by atoms with Crippen LogP contribution in [0.2, 0.25) is 0 Å². The normalized spacial score (nSPS) is 19.7. The van der Waals surface area contributed by atoms with Gasteiger partial charge in [-0.05, 0) is 36.6 Å². The molecule has 7 heteroatoms. The van der Waals surface area contributed by atoms with Gasteiger partial charge in [-0.2, -0.15) is 0 Å². The van der Waals surface area contributed by atoms with E-state index in [1.807, 2.05) is 36.4 Å². The molecule has 1 aliphatic heterocycles. The summed E-state index contributed by atoms with van der Waals surface area (Å²) in [7, 11) is 0. The van der Waals surface area contributed by atoms with Crippen LogP contribution in [0.3, 0.4) is 0 Å². The van der Waals surface area contributed by atoms with Crippen molar-refractivity contribution in [1.29, 1.82) is 0 Å². The number of carbonyl (C=O) groups is 3. The molecule has 0 spiro atoms. The molecule has 1 aromatic carbocycles. The first kappa shape index (κ1) is 19.5. The van der Waals surface area contributed by atoms with Crippen LogP contribution in [0.1, 0.15) is 43.4 Å². The highest BCUT2D eigenvalue weighted by molar-refractivity contribution is 7.99. The second-order valence-corrected chi connectivity index (χ2v) is 8.53. The van der Waals surface area contributed by atoms with Crippen LogP contribution in [0.4, 0.5) is 4.79 Å². The maximum Gasteiger partial charge on any atom is 0.331 e. The molecule has 4 amide bonds. The van der Waals surface area contributed by atoms with Crippen molar-refractivity contribution >= 4 is 35.7 Å². The number of carbonyl (C=O) groups excluding carboxylic acids is 3. The van der Waals surface area contributed by atoms with E-state index >= 15 is 0 Å². The second-order valence-electron chi connectivity index (χ2n) is 7.23. The van der Waals surface area contributed by atoms with E-state index in [0.29, 0.717) is 11.0 Å². The summed E-state index contributed by atoms with van der Waals surface area (Å²) in [4.78, 5) is 38.2. The van der Waals surface area contributed by atoms with Crippen LogP contribution in [0.25, 0.3) is 6.08 Å². The molecule has 4 rings (SSSR count). The molecule has 1 N–H and O–H groups in total. The predicted molar refractivity (Wildman–Crippen MR) is 110 cm³/mol. The van der Waals surface area contributed by atoms with Crippen molar-refractivity contribution in [3.63, 3.8) is 0 Å². The number of thioether (sulfide) groups is 1. The molecule has 2 heterocycles. The van der Waals surface area contributed by atoms with E-state index in [4.69, 9.17) is 4.42 Å². The Balaban J connectivity index is 1.50. The third kappa shape index (κ3) is 4.62. The molecular weight excluding hydrogens is 388 g/mol. The highest BCUT2D eigenvalue weighted by Gasteiger charge is 2.36. The molecule has 150 valence electrons. The zero-order valence-electron chi connectivity index (χ0n) is 15.9. The number of nitrogens with one attached hydrogen (secondary N) is 1. The quantitative estimate of drug-likeness (QED) is 0.585. The first-order chi connectivity index (χ1) is 14.1. The van der Waals surface area contributed by atoms with Gasteiger partial charge in [0.25, 0.3) is 11.8 Å². The molecule has 1 saturated heterocycles. The summed E-state index contributed by atoms with van der Waals surface area (Å²) in [6, 6.07) is 12.1. The smallest absolute Gasteiger partial charge is 0.331 e. The first-order valence-electron chi connectivity index (χ1n) is 9.79. The van der Waals surface area contributed by atoms with Gasteiger partial charge in [-0.25, -0.2) is 4.79 Å². The van der Waals surface area contributed by atoms with Gasteiger partial charge in [0.2, 0.25) is 0 Å². The van der Waals surface area contributed by atoms with E-state index in [0.717, 1.165) is 15.6 Å². The molecule has 1 aliphatic carbocycles. The molecular formula is C22H22N2O4S. The standard InChI is InChI=1S/C22H22N2O4S/c25-20-18(13-16-11-12-19(28-16)29-17-9-5-2-6-10-17)21(26)24(22(27)23-20)14-15-7-3-1-4-8-15/h1,3-4,7-8,11-13,17H,2,5-6,9-10,14H2,(H,23,25,27). The molecule has 0 unspecified atom stereocenters. The van der Waals surface area contributed by atoms with Gasteiger partial charge in [0.05, 0.1) is 6.54 Å². The lowest BCUT2D eigenvalue weighted by Gasteiger charge is -2.26. The van der Waals surface area contributed by atoms with Crippen molar-refractivity contribution in [2.24, 2.45) is 0 Å². The minimum atomic E-state index is -0.714. The summed E-state index contributed by atoms with van der Waals surface area (Å²) in [5.74, 6) is -0.904. The average Bonchev–Trinajstić information content (AvgIpc) is 3.17. The third-order valence-corrected chi connectivity index (χ3v) is 6.35. The molecule has 0 radical (unpaired) electrons. The molecule has 1 aromatic heterocycles. The van der Waals surface area contributed by atoms with E-state index in [1.54, 1.807) is 17.8 Å². The fraction of sp³-hybridized carbons (Fsp3) is 0.318. The van der Waals surface area contributed by atoms with Crippen LogP contribution >= 0.6 is 11.8 Å². The maximum atomic E-state index is 12.8. The Kier molecular flexibility index (Phi) is 5.85. The number of rotatable bonds is 5. The highest BCUT2D eigenvalue weighted by atomic mass is 32.2. The number of nitrogens with zero attached hydrogens (tertiary/aromatic N) is 1. The summed E-state index contributed by atoms with van der Waals surface area (Å²) < 4.78 is 5.82. The van der Waals surface area contributed by atoms with Crippen LogP contribution in [-0.2, 0) is 16.1 Å². The molecule has 0 atom stereocenters. The van der Waals surface area contributed by atoms with Gasteiger partial charge in [0, 0.05) is 5.25 Å². The molecule has 2 fully saturated rings. The van der Waals surface area contributed by atoms with Crippen LogP contribution < -0.4 is 5.32 Å². The van der Waals surface area contributed by atoms with Gasteiger partial charge >= 0.3 is 6.03 Å². The van der Waals surface area contributed by atoms with Crippen LogP contribution in [0.15, 0.2) is 57.5 Å². The lowest BCUT2D eigenvalue weighted by molar-refractivity contribution is -0.130. The molecule has 2 aromatic rings. The second kappa shape index (κ2) is 8.69. The number of hydrogen-bond acceptors (Lipinski definition) is 5. The van der Waals surface area contributed by atoms with Gasteiger partial charge in [-0.3, -0.25) is 19.8 Å². The molecule has 1 saturated carbocycles. The molecule has 2 aliphatic rings. The lowest BCUT2D eigenvalue weighted by atomic mass is 10.0. The van der Waals surface area contributed by atoms with Gasteiger partial charge in [0.15, 0.2) is 5.09 Å². The van der Waals surface area contributed by atoms with Gasteiger partial charge in [-0.1, -0.05) is 61.4 Å². The zero-order chi connectivity index (χ0) is 20.2. The van der Waals surface area contributed by atoms with Crippen LogP contribution in [-0.4, -0.2) is 28.0 Å². The first-order valence-corrected chi connectivity index (χ1v) is 10.7. The van der Waals surface area contributed by atoms with E-state index < -0.39 is 17.8 Å². The molecule has 6 nitrogen and oxygen atoms in total. The number of hydrogen-bond donors (Lipinski definition) is 1.